The van der Waals surface area contributed by atoms with E-state index in [1.165, 1.54) is 30.0 Å². The summed E-state index contributed by atoms with van der Waals surface area (Å²) in [6.07, 6.45) is 1.31. The Kier molecular flexibility index (Phi) is 6.21. The molecule has 1 aromatic rings. The van der Waals surface area contributed by atoms with E-state index in [4.69, 9.17) is 0 Å². The first kappa shape index (κ1) is 14.9. The zero-order valence-corrected chi connectivity index (χ0v) is 13.0. The fourth-order valence-corrected chi connectivity index (χ4v) is 3.28. The van der Waals surface area contributed by atoms with Gasteiger partial charge in [0, 0.05) is 25.2 Å². The lowest BCUT2D eigenvalue weighted by Crippen LogP contribution is -2.51. The van der Waals surface area contributed by atoms with Gasteiger partial charge in [0.25, 0.3) is 0 Å². The molecule has 0 spiro atoms. The van der Waals surface area contributed by atoms with Gasteiger partial charge in [-0.15, -0.1) is 0 Å². The molecule has 0 saturated carbocycles. The van der Waals surface area contributed by atoms with Crippen LogP contribution in [0.15, 0.2) is 30.3 Å². The molecule has 2 unspecified atom stereocenters. The summed E-state index contributed by atoms with van der Waals surface area (Å²) in [5.41, 5.74) is 1.42. The maximum Gasteiger partial charge on any atom is 0.0449 e. The number of hydrogen-bond acceptors (Lipinski definition) is 3. The van der Waals surface area contributed by atoms with E-state index in [1.54, 1.807) is 0 Å². The Hall–Kier alpha value is -0.510. The van der Waals surface area contributed by atoms with Crippen LogP contribution in [0, 0.1) is 0 Å². The summed E-state index contributed by atoms with van der Waals surface area (Å²) < 4.78 is 0. The van der Waals surface area contributed by atoms with Crippen molar-refractivity contribution < 1.29 is 0 Å². The highest BCUT2D eigenvalue weighted by atomic mass is 32.2. The molecule has 1 heterocycles. The van der Waals surface area contributed by atoms with Gasteiger partial charge in [-0.2, -0.15) is 11.8 Å². The van der Waals surface area contributed by atoms with Crippen LogP contribution in [0.2, 0.25) is 0 Å². The second kappa shape index (κ2) is 7.93. The molecule has 1 N–H and O–H groups in total. The first-order chi connectivity index (χ1) is 9.31. The molecule has 0 bridgehead atoms. The summed E-state index contributed by atoms with van der Waals surface area (Å²) in [6.45, 7) is 8.05. The van der Waals surface area contributed by atoms with Crippen molar-refractivity contribution >= 4 is 11.8 Å². The molecule has 2 nitrogen and oxygen atoms in total. The SMILES string of the molecule is CCSCCCN1CC(c2ccccc2)NCC1C. The summed E-state index contributed by atoms with van der Waals surface area (Å²) in [4.78, 5) is 2.64. The molecular formula is C16H26N2S. The molecule has 0 radical (unpaired) electrons. The number of thioether (sulfide) groups is 1. The highest BCUT2D eigenvalue weighted by molar-refractivity contribution is 7.99. The minimum Gasteiger partial charge on any atom is -0.307 e. The van der Waals surface area contributed by atoms with Crippen molar-refractivity contribution in [1.82, 2.24) is 10.2 Å². The molecule has 1 saturated heterocycles. The van der Waals surface area contributed by atoms with Gasteiger partial charge in [-0.3, -0.25) is 4.90 Å². The molecule has 1 fully saturated rings. The second-order valence-corrected chi connectivity index (χ2v) is 6.66. The van der Waals surface area contributed by atoms with Crippen LogP contribution in [0.3, 0.4) is 0 Å². The Morgan fingerprint density at radius 3 is 2.84 bits per heavy atom. The molecule has 0 aromatic heterocycles. The normalized spacial score (nSPS) is 24.5. The smallest absolute Gasteiger partial charge is 0.0449 e. The van der Waals surface area contributed by atoms with E-state index < -0.39 is 0 Å². The Bertz CT molecular complexity index is 355. The first-order valence-electron chi connectivity index (χ1n) is 7.41. The van der Waals surface area contributed by atoms with Gasteiger partial charge in [0.15, 0.2) is 0 Å². The quantitative estimate of drug-likeness (QED) is 0.805. The standard InChI is InChI=1S/C16H26N2S/c1-3-19-11-7-10-18-13-16(17-12-14(18)2)15-8-5-4-6-9-15/h4-6,8-9,14,16-17H,3,7,10-13H2,1-2H3. The highest BCUT2D eigenvalue weighted by Gasteiger charge is 2.25. The van der Waals surface area contributed by atoms with Crippen LogP contribution < -0.4 is 5.32 Å². The summed E-state index contributed by atoms with van der Waals surface area (Å²) in [6, 6.07) is 12.0. The molecular weight excluding hydrogens is 252 g/mol. The molecule has 2 atom stereocenters. The summed E-state index contributed by atoms with van der Waals surface area (Å²) in [5.74, 6) is 2.53. The van der Waals surface area contributed by atoms with E-state index in [1.807, 2.05) is 0 Å². The van der Waals surface area contributed by atoms with Crippen molar-refractivity contribution in [2.75, 3.05) is 31.1 Å². The topological polar surface area (TPSA) is 15.3 Å². The number of piperazine rings is 1. The van der Waals surface area contributed by atoms with Crippen molar-refractivity contribution in [2.45, 2.75) is 32.4 Å². The van der Waals surface area contributed by atoms with E-state index in [9.17, 15) is 0 Å². The van der Waals surface area contributed by atoms with E-state index in [2.05, 4.69) is 66.2 Å². The van der Waals surface area contributed by atoms with Crippen LogP contribution in [-0.2, 0) is 0 Å². The van der Waals surface area contributed by atoms with Crippen LogP contribution in [0.1, 0.15) is 31.9 Å². The molecule has 1 aromatic carbocycles. The number of benzene rings is 1. The Balaban J connectivity index is 1.85. The van der Waals surface area contributed by atoms with Crippen LogP contribution in [0.4, 0.5) is 0 Å². The predicted molar refractivity (Wildman–Crippen MR) is 85.8 cm³/mol. The number of hydrogen-bond donors (Lipinski definition) is 1. The van der Waals surface area contributed by atoms with Gasteiger partial charge in [-0.1, -0.05) is 37.3 Å². The molecule has 0 aliphatic carbocycles. The molecule has 3 heteroatoms. The minimum atomic E-state index is 0.497. The van der Waals surface area contributed by atoms with Crippen LogP contribution in [-0.4, -0.2) is 42.1 Å². The minimum absolute atomic E-state index is 0.497. The fraction of sp³-hybridized carbons (Fsp3) is 0.625. The van der Waals surface area contributed by atoms with Crippen molar-refractivity contribution in [3.63, 3.8) is 0 Å². The lowest BCUT2D eigenvalue weighted by Gasteiger charge is -2.39. The van der Waals surface area contributed by atoms with Gasteiger partial charge in [0.1, 0.15) is 0 Å². The van der Waals surface area contributed by atoms with Crippen molar-refractivity contribution in [3.8, 4) is 0 Å². The zero-order valence-electron chi connectivity index (χ0n) is 12.1. The number of rotatable bonds is 6. The van der Waals surface area contributed by atoms with Gasteiger partial charge in [0.05, 0.1) is 0 Å². The average molecular weight is 278 g/mol. The molecule has 2 rings (SSSR count). The average Bonchev–Trinajstić information content (AvgIpc) is 2.46. The Morgan fingerprint density at radius 1 is 1.32 bits per heavy atom. The van der Waals surface area contributed by atoms with E-state index >= 15 is 0 Å². The van der Waals surface area contributed by atoms with Gasteiger partial charge in [0.2, 0.25) is 0 Å². The van der Waals surface area contributed by atoms with E-state index in [0.717, 1.165) is 13.1 Å². The summed E-state index contributed by atoms with van der Waals surface area (Å²) in [5, 5.41) is 3.67. The molecule has 1 aliphatic rings. The molecule has 1 aliphatic heterocycles. The fourth-order valence-electron chi connectivity index (χ4n) is 2.66. The van der Waals surface area contributed by atoms with Gasteiger partial charge in [-0.05, 0) is 37.0 Å². The number of nitrogens with one attached hydrogen (secondary N) is 1. The molecule has 0 amide bonds. The third kappa shape index (κ3) is 4.51. The van der Waals surface area contributed by atoms with E-state index in [-0.39, 0.29) is 0 Å². The summed E-state index contributed by atoms with van der Waals surface area (Å²) in [7, 11) is 0. The van der Waals surface area contributed by atoms with Gasteiger partial charge in [-0.25, -0.2) is 0 Å². The van der Waals surface area contributed by atoms with E-state index in [0.29, 0.717) is 12.1 Å². The lowest BCUT2D eigenvalue weighted by molar-refractivity contribution is 0.142. The summed E-state index contributed by atoms with van der Waals surface area (Å²) >= 11 is 2.05. The number of nitrogens with zero attached hydrogens (tertiary/aromatic N) is 1. The third-order valence-electron chi connectivity index (χ3n) is 3.84. The van der Waals surface area contributed by atoms with Crippen molar-refractivity contribution in [3.05, 3.63) is 35.9 Å². The van der Waals surface area contributed by atoms with Crippen LogP contribution in [0.5, 0.6) is 0 Å². The van der Waals surface area contributed by atoms with Gasteiger partial charge < -0.3 is 5.32 Å². The van der Waals surface area contributed by atoms with Crippen LogP contribution in [0.25, 0.3) is 0 Å². The molecule has 19 heavy (non-hydrogen) atoms. The maximum absolute atomic E-state index is 3.67. The lowest BCUT2D eigenvalue weighted by atomic mass is 10.0. The first-order valence-corrected chi connectivity index (χ1v) is 8.57. The van der Waals surface area contributed by atoms with Crippen molar-refractivity contribution in [2.24, 2.45) is 0 Å². The highest BCUT2D eigenvalue weighted by Crippen LogP contribution is 2.20. The monoisotopic (exact) mass is 278 g/mol. The maximum atomic E-state index is 3.67. The van der Waals surface area contributed by atoms with Gasteiger partial charge >= 0.3 is 0 Å². The Labute approximate surface area is 122 Å². The predicted octanol–water partition coefficient (Wildman–Crippen LogP) is 3.16. The van der Waals surface area contributed by atoms with Crippen LogP contribution >= 0.6 is 11.8 Å². The largest absolute Gasteiger partial charge is 0.307 e. The Morgan fingerprint density at radius 2 is 2.11 bits per heavy atom. The zero-order chi connectivity index (χ0) is 13.5. The third-order valence-corrected chi connectivity index (χ3v) is 4.83. The van der Waals surface area contributed by atoms with Crippen molar-refractivity contribution in [1.29, 1.82) is 0 Å². The molecule has 106 valence electrons. The second-order valence-electron chi connectivity index (χ2n) is 5.27.